The van der Waals surface area contributed by atoms with Gasteiger partial charge in [-0.3, -0.25) is 4.79 Å². The number of halogens is 2. The highest BCUT2D eigenvalue weighted by Gasteiger charge is 2.43. The number of nitrogens with zero attached hydrogens (tertiary/aromatic N) is 1. The molecule has 4 rings (SSSR count). The second kappa shape index (κ2) is 8.50. The lowest BCUT2D eigenvalue weighted by Crippen LogP contribution is -2.50. The highest BCUT2D eigenvalue weighted by Crippen LogP contribution is 2.43. The molecule has 5 heteroatoms. The maximum Gasteiger partial charge on any atom is 0.225 e. The maximum absolute atomic E-state index is 13.3. The second-order valence-corrected chi connectivity index (χ2v) is 8.73. The summed E-state index contributed by atoms with van der Waals surface area (Å²) in [6, 6.07) is 8.67. The van der Waals surface area contributed by atoms with Crippen molar-refractivity contribution in [3.05, 3.63) is 34.9 Å². The first-order chi connectivity index (χ1) is 12.1. The highest BCUT2D eigenvalue weighted by atomic mass is 35.5. The first kappa shape index (κ1) is 20.0. The van der Waals surface area contributed by atoms with Gasteiger partial charge in [0, 0.05) is 29.6 Å². The van der Waals surface area contributed by atoms with Crippen LogP contribution in [0, 0.1) is 17.8 Å². The number of amides is 1. The van der Waals surface area contributed by atoms with Gasteiger partial charge in [-0.25, -0.2) is 0 Å². The summed E-state index contributed by atoms with van der Waals surface area (Å²) in [5.74, 6) is 1.71. The van der Waals surface area contributed by atoms with E-state index < -0.39 is 0 Å². The Kier molecular flexibility index (Phi) is 6.53. The quantitative estimate of drug-likeness (QED) is 0.819. The molecule has 0 radical (unpaired) electrons. The van der Waals surface area contributed by atoms with Crippen LogP contribution in [-0.2, 0) is 11.2 Å². The van der Waals surface area contributed by atoms with Crippen molar-refractivity contribution >= 4 is 29.9 Å². The number of carbonyl (C=O) groups is 1. The molecule has 2 saturated carbocycles. The summed E-state index contributed by atoms with van der Waals surface area (Å²) in [5, 5.41) is 0.819. The molecule has 1 heterocycles. The molecular weight excluding hydrogens is 367 g/mol. The summed E-state index contributed by atoms with van der Waals surface area (Å²) in [7, 11) is 0. The number of fused-ring (bicyclic) bond motifs is 2. The monoisotopic (exact) mass is 396 g/mol. The van der Waals surface area contributed by atoms with Gasteiger partial charge >= 0.3 is 0 Å². The number of carbonyl (C=O) groups excluding carboxylic acids is 1. The Hall–Kier alpha value is -0.770. The average Bonchev–Trinajstić information content (AvgIpc) is 3.04. The number of hydrogen-bond acceptors (Lipinski definition) is 2. The Morgan fingerprint density at radius 2 is 1.81 bits per heavy atom. The van der Waals surface area contributed by atoms with Gasteiger partial charge in [0.25, 0.3) is 0 Å². The standard InChI is InChI=1S/C21H29ClN2O.ClH/c22-19-9-2-1-5-14(19)13-18-8-4-10-24(18)21(25)17-11-15-6-3-7-16(12-17)20(15)23;/h1-2,5,9,15-18,20H,3-4,6-8,10-13,23H2;1H. The van der Waals surface area contributed by atoms with E-state index in [2.05, 4.69) is 11.0 Å². The molecule has 1 aliphatic heterocycles. The van der Waals surface area contributed by atoms with Crippen LogP contribution in [0.5, 0.6) is 0 Å². The molecule has 144 valence electrons. The van der Waals surface area contributed by atoms with Crippen molar-refractivity contribution in [1.82, 2.24) is 4.90 Å². The van der Waals surface area contributed by atoms with E-state index in [-0.39, 0.29) is 18.3 Å². The molecule has 2 aliphatic carbocycles. The number of nitrogens with two attached hydrogens (primary N) is 1. The van der Waals surface area contributed by atoms with E-state index in [1.165, 1.54) is 19.3 Å². The third kappa shape index (κ3) is 3.90. The summed E-state index contributed by atoms with van der Waals surface area (Å²) in [6.45, 7) is 0.909. The van der Waals surface area contributed by atoms with Gasteiger partial charge in [-0.05, 0) is 68.4 Å². The maximum atomic E-state index is 13.3. The van der Waals surface area contributed by atoms with Crippen molar-refractivity contribution in [2.75, 3.05) is 6.54 Å². The molecule has 3 nitrogen and oxygen atoms in total. The first-order valence-electron chi connectivity index (χ1n) is 9.93. The minimum absolute atomic E-state index is 0. The van der Waals surface area contributed by atoms with E-state index in [1.54, 1.807) is 0 Å². The number of likely N-dealkylation sites (tertiary alicyclic amines) is 1. The van der Waals surface area contributed by atoms with Crippen LogP contribution in [0.1, 0.15) is 50.5 Å². The summed E-state index contributed by atoms with van der Waals surface area (Å²) >= 11 is 6.34. The van der Waals surface area contributed by atoms with Gasteiger partial charge in [0.2, 0.25) is 5.91 Å². The van der Waals surface area contributed by atoms with E-state index in [0.717, 1.165) is 49.2 Å². The largest absolute Gasteiger partial charge is 0.339 e. The molecule has 2 bridgehead atoms. The molecule has 26 heavy (non-hydrogen) atoms. The lowest BCUT2D eigenvalue weighted by molar-refractivity contribution is -0.139. The molecule has 3 atom stereocenters. The van der Waals surface area contributed by atoms with Crippen LogP contribution >= 0.6 is 24.0 Å². The van der Waals surface area contributed by atoms with Crippen LogP contribution in [0.25, 0.3) is 0 Å². The predicted molar refractivity (Wildman–Crippen MR) is 109 cm³/mol. The second-order valence-electron chi connectivity index (χ2n) is 8.32. The Labute approximate surface area is 168 Å². The van der Waals surface area contributed by atoms with Crippen LogP contribution in [0.3, 0.4) is 0 Å². The first-order valence-corrected chi connectivity index (χ1v) is 10.3. The van der Waals surface area contributed by atoms with E-state index in [0.29, 0.717) is 29.8 Å². The molecule has 1 aromatic carbocycles. The zero-order valence-corrected chi connectivity index (χ0v) is 16.9. The normalized spacial score (nSPS) is 33.6. The molecule has 3 aliphatic rings. The number of hydrogen-bond donors (Lipinski definition) is 1. The summed E-state index contributed by atoms with van der Waals surface area (Å²) < 4.78 is 0. The van der Waals surface area contributed by atoms with Crippen molar-refractivity contribution in [2.45, 2.75) is 63.5 Å². The minimum Gasteiger partial charge on any atom is -0.339 e. The van der Waals surface area contributed by atoms with Gasteiger partial charge in [-0.15, -0.1) is 12.4 Å². The smallest absolute Gasteiger partial charge is 0.225 e. The third-order valence-corrected chi connectivity index (χ3v) is 7.20. The van der Waals surface area contributed by atoms with E-state index >= 15 is 0 Å². The molecule has 1 aromatic rings. The molecule has 1 amide bonds. The zero-order valence-electron chi connectivity index (χ0n) is 15.3. The van der Waals surface area contributed by atoms with Gasteiger partial charge in [-0.1, -0.05) is 36.2 Å². The van der Waals surface area contributed by atoms with Crippen molar-refractivity contribution in [3.8, 4) is 0 Å². The van der Waals surface area contributed by atoms with Crippen LogP contribution in [0.15, 0.2) is 24.3 Å². The van der Waals surface area contributed by atoms with Gasteiger partial charge in [-0.2, -0.15) is 0 Å². The van der Waals surface area contributed by atoms with Crippen molar-refractivity contribution < 1.29 is 4.79 Å². The Morgan fingerprint density at radius 3 is 2.50 bits per heavy atom. The number of rotatable bonds is 3. The molecular formula is C21H30Cl2N2O. The molecule has 0 spiro atoms. The van der Waals surface area contributed by atoms with Crippen molar-refractivity contribution in [2.24, 2.45) is 23.5 Å². The predicted octanol–water partition coefficient (Wildman–Crippen LogP) is 4.45. The summed E-state index contributed by atoms with van der Waals surface area (Å²) in [6.07, 6.45) is 8.82. The van der Waals surface area contributed by atoms with Crippen LogP contribution in [0.2, 0.25) is 5.02 Å². The minimum atomic E-state index is 0. The topological polar surface area (TPSA) is 46.3 Å². The molecule has 3 fully saturated rings. The van der Waals surface area contributed by atoms with Gasteiger partial charge in [0.05, 0.1) is 0 Å². The fourth-order valence-corrected chi connectivity index (χ4v) is 5.69. The lowest BCUT2D eigenvalue weighted by atomic mass is 9.65. The molecule has 0 aromatic heterocycles. The van der Waals surface area contributed by atoms with Crippen molar-refractivity contribution in [1.29, 1.82) is 0 Å². The fraction of sp³-hybridized carbons (Fsp3) is 0.667. The Morgan fingerprint density at radius 1 is 1.12 bits per heavy atom. The van der Waals surface area contributed by atoms with Crippen LogP contribution in [-0.4, -0.2) is 29.4 Å². The zero-order chi connectivity index (χ0) is 17.4. The Bertz CT molecular complexity index is 624. The average molecular weight is 397 g/mol. The highest BCUT2D eigenvalue weighted by molar-refractivity contribution is 6.31. The van der Waals surface area contributed by atoms with E-state index in [4.69, 9.17) is 17.3 Å². The molecule has 2 N–H and O–H groups in total. The van der Waals surface area contributed by atoms with Crippen molar-refractivity contribution in [3.63, 3.8) is 0 Å². The van der Waals surface area contributed by atoms with Gasteiger partial charge in [0.15, 0.2) is 0 Å². The van der Waals surface area contributed by atoms with E-state index in [9.17, 15) is 4.79 Å². The van der Waals surface area contributed by atoms with E-state index in [1.807, 2.05) is 18.2 Å². The number of benzene rings is 1. The molecule has 3 unspecified atom stereocenters. The Balaban J connectivity index is 0.00000196. The fourth-order valence-electron chi connectivity index (χ4n) is 5.48. The van der Waals surface area contributed by atoms with Crippen LogP contribution in [0.4, 0.5) is 0 Å². The molecule has 1 saturated heterocycles. The summed E-state index contributed by atoms with van der Waals surface area (Å²) in [5.41, 5.74) is 7.57. The third-order valence-electron chi connectivity index (χ3n) is 6.84. The lowest BCUT2D eigenvalue weighted by Gasteiger charge is -2.44. The van der Waals surface area contributed by atoms with Crippen LogP contribution < -0.4 is 5.73 Å². The van der Waals surface area contributed by atoms with Gasteiger partial charge in [0.1, 0.15) is 0 Å². The summed E-state index contributed by atoms with van der Waals surface area (Å²) in [4.78, 5) is 15.4. The SMILES string of the molecule is Cl.NC1C2CCCC1CC(C(=O)N1CCCC1Cc1ccccc1Cl)C2. The van der Waals surface area contributed by atoms with Gasteiger partial charge < -0.3 is 10.6 Å².